The van der Waals surface area contributed by atoms with Gasteiger partial charge in [-0.25, -0.2) is 9.67 Å². The van der Waals surface area contributed by atoms with Crippen LogP contribution in [0.15, 0.2) is 9.79 Å². The monoisotopic (exact) mass is 279 g/mol. The third-order valence-electron chi connectivity index (χ3n) is 1.20. The lowest BCUT2D eigenvalue weighted by atomic mass is 10.5. The van der Waals surface area contributed by atoms with Crippen LogP contribution in [0.5, 0.6) is 0 Å². The van der Waals surface area contributed by atoms with E-state index in [0.29, 0.717) is 0 Å². The molecule has 0 bridgehead atoms. The van der Waals surface area contributed by atoms with Crippen molar-refractivity contribution >= 4 is 38.3 Å². The van der Waals surface area contributed by atoms with Crippen LogP contribution in [0.2, 0.25) is 0 Å². The molecule has 6 nitrogen and oxygen atoms in total. The Morgan fingerprint density at radius 3 is 3.00 bits per heavy atom. The summed E-state index contributed by atoms with van der Waals surface area (Å²) in [5.74, 6) is 0.0472. The molecule has 0 aromatic carbocycles. The first-order valence-corrected chi connectivity index (χ1v) is 4.23. The van der Waals surface area contributed by atoms with E-state index in [1.807, 2.05) is 22.6 Å². The van der Waals surface area contributed by atoms with Crippen LogP contribution in [0.25, 0.3) is 0 Å². The van der Waals surface area contributed by atoms with Gasteiger partial charge in [0.15, 0.2) is 11.5 Å². The van der Waals surface area contributed by atoms with Gasteiger partial charge >= 0.3 is 0 Å². The summed E-state index contributed by atoms with van der Waals surface area (Å²) in [5.41, 5.74) is 5.15. The number of anilines is 1. The quantitative estimate of drug-likeness (QED) is 0.572. The summed E-state index contributed by atoms with van der Waals surface area (Å²) in [6.07, 6.45) is 0. The first-order chi connectivity index (χ1) is 5.66. The average Bonchev–Trinajstić information content (AvgIpc) is 2.06. The second-order valence-electron chi connectivity index (χ2n) is 1.98. The summed E-state index contributed by atoms with van der Waals surface area (Å²) < 4.78 is 2.53. The van der Waals surface area contributed by atoms with E-state index in [4.69, 9.17) is 5.73 Å². The fourth-order valence-corrected chi connectivity index (χ4v) is 0.915. The van der Waals surface area contributed by atoms with Crippen LogP contribution >= 0.6 is 22.6 Å². The van der Waals surface area contributed by atoms with Crippen LogP contribution in [0, 0.1) is 0 Å². The Morgan fingerprint density at radius 1 is 1.75 bits per heavy atom. The van der Waals surface area contributed by atoms with Gasteiger partial charge in [0.05, 0.1) is 4.22 Å². The van der Waals surface area contributed by atoms with Crippen LogP contribution in [-0.2, 0) is 7.05 Å². The van der Waals surface area contributed by atoms with E-state index in [0.717, 1.165) is 4.68 Å². The number of halogens is 1. The highest BCUT2D eigenvalue weighted by atomic mass is 127. The SMILES string of the molecule is Cn1nnc(N)c(/N=C\I)c1=O. The molecule has 0 unspecified atom stereocenters. The number of hydrogen-bond donors (Lipinski definition) is 1. The normalized spacial score (nSPS) is 10.8. The first-order valence-electron chi connectivity index (χ1n) is 2.99. The molecule has 1 aromatic rings. The zero-order valence-electron chi connectivity index (χ0n) is 6.23. The Kier molecular flexibility index (Phi) is 2.74. The maximum atomic E-state index is 11.2. The summed E-state index contributed by atoms with van der Waals surface area (Å²) in [4.78, 5) is 15.0. The Morgan fingerprint density at radius 2 is 2.42 bits per heavy atom. The molecular formula is C5H6IN5O. The van der Waals surface area contributed by atoms with Crippen molar-refractivity contribution in [1.82, 2.24) is 15.0 Å². The first kappa shape index (κ1) is 9.10. The predicted octanol–water partition coefficient (Wildman–Crippen LogP) is -0.148. The van der Waals surface area contributed by atoms with Gasteiger partial charge in [-0.3, -0.25) is 4.79 Å². The van der Waals surface area contributed by atoms with E-state index in [1.165, 1.54) is 11.3 Å². The average molecular weight is 279 g/mol. The second kappa shape index (κ2) is 3.61. The molecule has 1 aromatic heterocycles. The van der Waals surface area contributed by atoms with Crippen molar-refractivity contribution in [3.8, 4) is 0 Å². The number of rotatable bonds is 1. The van der Waals surface area contributed by atoms with E-state index in [9.17, 15) is 4.79 Å². The third kappa shape index (κ3) is 1.60. The number of nitrogen functional groups attached to an aromatic ring is 1. The molecule has 2 N–H and O–H groups in total. The molecule has 1 rings (SSSR count). The van der Waals surface area contributed by atoms with Crippen molar-refractivity contribution in [3.05, 3.63) is 10.4 Å². The maximum Gasteiger partial charge on any atom is 0.297 e. The van der Waals surface area contributed by atoms with Crippen LogP contribution < -0.4 is 11.3 Å². The summed E-state index contributed by atoms with van der Waals surface area (Å²) in [6.45, 7) is 0. The number of nitrogens with zero attached hydrogens (tertiary/aromatic N) is 4. The second-order valence-corrected chi connectivity index (χ2v) is 2.54. The molecular weight excluding hydrogens is 273 g/mol. The van der Waals surface area contributed by atoms with E-state index < -0.39 is 0 Å². The molecule has 7 heteroatoms. The minimum absolute atomic E-state index is 0.0472. The molecule has 0 fully saturated rings. The minimum atomic E-state index is -0.351. The Labute approximate surface area is 81.6 Å². The summed E-state index contributed by atoms with van der Waals surface area (Å²) in [7, 11) is 1.49. The van der Waals surface area contributed by atoms with Gasteiger partial charge in [-0.2, -0.15) is 0 Å². The van der Waals surface area contributed by atoms with Crippen molar-refractivity contribution in [1.29, 1.82) is 0 Å². The van der Waals surface area contributed by atoms with Crippen molar-refractivity contribution < 1.29 is 0 Å². The number of aromatic nitrogens is 3. The fraction of sp³-hybridized carbons (Fsp3) is 0.200. The molecule has 12 heavy (non-hydrogen) atoms. The highest BCUT2D eigenvalue weighted by molar-refractivity contribution is 14.1. The summed E-state index contributed by atoms with van der Waals surface area (Å²) in [5, 5.41) is 7.01. The highest BCUT2D eigenvalue weighted by Crippen LogP contribution is 2.10. The molecule has 0 saturated heterocycles. The topological polar surface area (TPSA) is 86.2 Å². The van der Waals surface area contributed by atoms with E-state index >= 15 is 0 Å². The molecule has 0 aliphatic rings. The molecule has 0 aliphatic heterocycles. The number of hydrogen-bond acceptors (Lipinski definition) is 5. The molecule has 64 valence electrons. The predicted molar refractivity (Wildman–Crippen MR) is 53.9 cm³/mol. The van der Waals surface area contributed by atoms with Crippen LogP contribution in [-0.4, -0.2) is 19.2 Å². The number of aryl methyl sites for hydroxylation is 1. The molecule has 0 atom stereocenters. The Balaban J connectivity index is 3.43. The number of aliphatic imine (C=N–C) groups is 1. The molecule has 0 amide bonds. The maximum absolute atomic E-state index is 11.2. The van der Waals surface area contributed by atoms with Gasteiger partial charge in [0.2, 0.25) is 0 Å². The van der Waals surface area contributed by atoms with Crippen LogP contribution in [0.4, 0.5) is 11.5 Å². The van der Waals surface area contributed by atoms with E-state index in [1.54, 1.807) is 0 Å². The van der Waals surface area contributed by atoms with Gasteiger partial charge < -0.3 is 5.73 Å². The van der Waals surface area contributed by atoms with E-state index in [-0.39, 0.29) is 17.1 Å². The highest BCUT2D eigenvalue weighted by Gasteiger charge is 2.05. The summed E-state index contributed by atoms with van der Waals surface area (Å²) >= 11 is 1.89. The Hall–Kier alpha value is -0.990. The van der Waals surface area contributed by atoms with Crippen molar-refractivity contribution in [2.75, 3.05) is 5.73 Å². The van der Waals surface area contributed by atoms with Gasteiger partial charge in [0.25, 0.3) is 5.56 Å². The largest absolute Gasteiger partial charge is 0.380 e. The van der Waals surface area contributed by atoms with E-state index in [2.05, 4.69) is 15.3 Å². The lowest BCUT2D eigenvalue weighted by Gasteiger charge is -1.97. The molecule has 0 saturated carbocycles. The lowest BCUT2D eigenvalue weighted by Crippen LogP contribution is -2.21. The zero-order valence-corrected chi connectivity index (χ0v) is 8.39. The van der Waals surface area contributed by atoms with Crippen molar-refractivity contribution in [2.45, 2.75) is 0 Å². The Bertz CT molecular complexity index is 371. The van der Waals surface area contributed by atoms with Gasteiger partial charge in [-0.05, 0) is 22.6 Å². The fourth-order valence-electron chi connectivity index (χ4n) is 0.636. The molecule has 0 spiro atoms. The van der Waals surface area contributed by atoms with Gasteiger partial charge in [0.1, 0.15) is 0 Å². The van der Waals surface area contributed by atoms with Crippen LogP contribution in [0.1, 0.15) is 0 Å². The smallest absolute Gasteiger partial charge is 0.297 e. The lowest BCUT2D eigenvalue weighted by molar-refractivity contribution is 0.645. The standard InChI is InChI=1S/C5H6IN5O/c1-11-5(12)3(8-2-6)4(7)9-10-11/h2H,7H2,1H3/b8-2-. The van der Waals surface area contributed by atoms with Crippen LogP contribution in [0.3, 0.4) is 0 Å². The number of nitrogens with two attached hydrogens (primary N) is 1. The van der Waals surface area contributed by atoms with Crippen molar-refractivity contribution in [2.24, 2.45) is 12.0 Å². The minimum Gasteiger partial charge on any atom is -0.380 e. The van der Waals surface area contributed by atoms with Crippen molar-refractivity contribution in [3.63, 3.8) is 0 Å². The summed E-state index contributed by atoms with van der Waals surface area (Å²) in [6, 6.07) is 0. The molecule has 0 aliphatic carbocycles. The van der Waals surface area contributed by atoms with Gasteiger partial charge in [0, 0.05) is 7.05 Å². The molecule has 0 radical (unpaired) electrons. The third-order valence-corrected chi connectivity index (χ3v) is 1.48. The molecule has 1 heterocycles. The van der Waals surface area contributed by atoms with Gasteiger partial charge in [-0.1, -0.05) is 5.21 Å². The zero-order chi connectivity index (χ0) is 9.14. The van der Waals surface area contributed by atoms with Gasteiger partial charge in [-0.15, -0.1) is 5.10 Å².